The minimum absolute atomic E-state index is 0.168. The number of hydrogen-bond donors (Lipinski definition) is 1. The number of hydrogen-bond acceptors (Lipinski definition) is 3. The van der Waals surface area contributed by atoms with E-state index in [2.05, 4.69) is 0 Å². The van der Waals surface area contributed by atoms with Crippen LogP contribution in [-0.4, -0.2) is 18.3 Å². The van der Waals surface area contributed by atoms with Crippen LogP contribution in [-0.2, 0) is 5.60 Å². The Labute approximate surface area is 119 Å². The van der Waals surface area contributed by atoms with E-state index in [1.165, 1.54) is 0 Å². The van der Waals surface area contributed by atoms with Crippen LogP contribution in [0.5, 0.6) is 11.5 Å². The van der Waals surface area contributed by atoms with Gasteiger partial charge in [0.05, 0.1) is 6.61 Å². The van der Waals surface area contributed by atoms with Crippen LogP contribution >= 0.6 is 0 Å². The first-order valence-corrected chi connectivity index (χ1v) is 6.76. The van der Waals surface area contributed by atoms with Crippen molar-refractivity contribution in [3.63, 3.8) is 0 Å². The van der Waals surface area contributed by atoms with Gasteiger partial charge < -0.3 is 14.6 Å². The maximum Gasteiger partial charge on any atom is 0.161 e. The fourth-order valence-electron chi connectivity index (χ4n) is 1.94. The minimum atomic E-state index is -1.04. The molecular weight excluding hydrogens is 252 g/mol. The molecule has 0 bridgehead atoms. The Kier molecular flexibility index (Phi) is 4.64. The van der Waals surface area contributed by atoms with Gasteiger partial charge in [-0.2, -0.15) is 0 Å². The summed E-state index contributed by atoms with van der Waals surface area (Å²) in [6, 6.07) is 17.0. The lowest BCUT2D eigenvalue weighted by molar-refractivity contribution is 0.00672. The standard InChI is InChI=1S/C17H20O3/c1-3-19-15-11-7-8-12-16(15)20-13-17(2,18)14-9-5-4-6-10-14/h4-12,18H,3,13H2,1-2H3. The summed E-state index contributed by atoms with van der Waals surface area (Å²) in [6.07, 6.45) is 0. The molecule has 2 aromatic rings. The molecule has 0 saturated carbocycles. The lowest BCUT2D eigenvalue weighted by Crippen LogP contribution is -2.29. The molecular formula is C17H20O3. The highest BCUT2D eigenvalue weighted by Gasteiger charge is 2.24. The van der Waals surface area contributed by atoms with Crippen LogP contribution in [0.15, 0.2) is 54.6 Å². The van der Waals surface area contributed by atoms with Gasteiger partial charge in [-0.15, -0.1) is 0 Å². The second kappa shape index (κ2) is 6.44. The zero-order valence-corrected chi connectivity index (χ0v) is 11.9. The molecule has 2 rings (SSSR count). The van der Waals surface area contributed by atoms with Crippen molar-refractivity contribution in [2.24, 2.45) is 0 Å². The highest BCUT2D eigenvalue weighted by Crippen LogP contribution is 2.29. The summed E-state index contributed by atoms with van der Waals surface area (Å²) in [5, 5.41) is 10.5. The molecule has 3 nitrogen and oxygen atoms in total. The van der Waals surface area contributed by atoms with Crippen molar-refractivity contribution in [1.82, 2.24) is 0 Å². The van der Waals surface area contributed by atoms with Crippen molar-refractivity contribution in [2.45, 2.75) is 19.4 Å². The Bertz CT molecular complexity index is 535. The van der Waals surface area contributed by atoms with Crippen molar-refractivity contribution in [3.05, 3.63) is 60.2 Å². The molecule has 0 aliphatic heterocycles. The lowest BCUT2D eigenvalue weighted by atomic mass is 9.97. The van der Waals surface area contributed by atoms with Gasteiger partial charge in [-0.25, -0.2) is 0 Å². The van der Waals surface area contributed by atoms with Crippen LogP contribution in [0.2, 0.25) is 0 Å². The molecule has 2 aromatic carbocycles. The summed E-state index contributed by atoms with van der Waals surface area (Å²) in [4.78, 5) is 0. The number of ether oxygens (including phenoxy) is 2. The largest absolute Gasteiger partial charge is 0.490 e. The van der Waals surface area contributed by atoms with Crippen molar-refractivity contribution in [1.29, 1.82) is 0 Å². The van der Waals surface area contributed by atoms with E-state index in [1.54, 1.807) is 6.92 Å². The second-order valence-corrected chi connectivity index (χ2v) is 4.81. The lowest BCUT2D eigenvalue weighted by Gasteiger charge is -2.24. The number of rotatable bonds is 6. The highest BCUT2D eigenvalue weighted by atomic mass is 16.5. The Morgan fingerprint density at radius 3 is 2.05 bits per heavy atom. The summed E-state index contributed by atoms with van der Waals surface area (Å²) < 4.78 is 11.2. The normalized spacial score (nSPS) is 13.6. The van der Waals surface area contributed by atoms with Crippen LogP contribution in [0, 0.1) is 0 Å². The minimum Gasteiger partial charge on any atom is -0.490 e. The summed E-state index contributed by atoms with van der Waals surface area (Å²) >= 11 is 0. The molecule has 3 heteroatoms. The molecule has 0 heterocycles. The maximum absolute atomic E-state index is 10.5. The molecule has 0 aliphatic rings. The SMILES string of the molecule is CCOc1ccccc1OCC(C)(O)c1ccccc1. The van der Waals surface area contributed by atoms with E-state index < -0.39 is 5.60 Å². The molecule has 0 spiro atoms. The third kappa shape index (κ3) is 3.52. The van der Waals surface area contributed by atoms with E-state index >= 15 is 0 Å². The van der Waals surface area contributed by atoms with Crippen molar-refractivity contribution in [2.75, 3.05) is 13.2 Å². The molecule has 0 aliphatic carbocycles. The maximum atomic E-state index is 10.5. The topological polar surface area (TPSA) is 38.7 Å². The summed E-state index contributed by atoms with van der Waals surface area (Å²) in [5.41, 5.74) is -0.213. The Morgan fingerprint density at radius 1 is 0.900 bits per heavy atom. The van der Waals surface area contributed by atoms with Crippen molar-refractivity contribution < 1.29 is 14.6 Å². The summed E-state index contributed by atoms with van der Waals surface area (Å²) in [7, 11) is 0. The first-order chi connectivity index (χ1) is 9.63. The van der Waals surface area contributed by atoms with Crippen LogP contribution in [0.25, 0.3) is 0 Å². The van der Waals surface area contributed by atoms with Gasteiger partial charge >= 0.3 is 0 Å². The molecule has 1 unspecified atom stereocenters. The first kappa shape index (κ1) is 14.4. The van der Waals surface area contributed by atoms with Gasteiger partial charge in [0.25, 0.3) is 0 Å². The monoisotopic (exact) mass is 272 g/mol. The van der Waals surface area contributed by atoms with E-state index in [0.717, 1.165) is 5.56 Å². The highest BCUT2D eigenvalue weighted by molar-refractivity contribution is 5.39. The summed E-state index contributed by atoms with van der Waals surface area (Å²) in [6.45, 7) is 4.42. The smallest absolute Gasteiger partial charge is 0.161 e. The van der Waals surface area contributed by atoms with Crippen LogP contribution in [0.1, 0.15) is 19.4 Å². The van der Waals surface area contributed by atoms with Gasteiger partial charge in [0.1, 0.15) is 12.2 Å². The molecule has 1 N–H and O–H groups in total. The van der Waals surface area contributed by atoms with Gasteiger partial charge in [0, 0.05) is 0 Å². The zero-order valence-electron chi connectivity index (χ0n) is 11.9. The van der Waals surface area contributed by atoms with Crippen LogP contribution in [0.4, 0.5) is 0 Å². The van der Waals surface area contributed by atoms with E-state index in [1.807, 2.05) is 61.5 Å². The first-order valence-electron chi connectivity index (χ1n) is 6.76. The molecule has 0 aromatic heterocycles. The van der Waals surface area contributed by atoms with E-state index in [-0.39, 0.29) is 6.61 Å². The second-order valence-electron chi connectivity index (χ2n) is 4.81. The van der Waals surface area contributed by atoms with Gasteiger partial charge in [-0.05, 0) is 31.5 Å². The fourth-order valence-corrected chi connectivity index (χ4v) is 1.94. The molecule has 106 valence electrons. The Morgan fingerprint density at radius 2 is 1.45 bits per heavy atom. The van der Waals surface area contributed by atoms with Crippen molar-refractivity contribution in [3.8, 4) is 11.5 Å². The molecule has 0 saturated heterocycles. The Hall–Kier alpha value is -2.00. The molecule has 0 amide bonds. The third-order valence-corrected chi connectivity index (χ3v) is 3.05. The zero-order chi connectivity index (χ0) is 14.4. The number of aliphatic hydroxyl groups is 1. The van der Waals surface area contributed by atoms with E-state index in [0.29, 0.717) is 18.1 Å². The summed E-state index contributed by atoms with van der Waals surface area (Å²) in [5.74, 6) is 1.34. The molecule has 0 radical (unpaired) electrons. The Balaban J connectivity index is 2.08. The van der Waals surface area contributed by atoms with Crippen LogP contribution < -0.4 is 9.47 Å². The van der Waals surface area contributed by atoms with E-state index in [9.17, 15) is 5.11 Å². The van der Waals surface area contributed by atoms with Gasteiger partial charge in [-0.3, -0.25) is 0 Å². The van der Waals surface area contributed by atoms with Gasteiger partial charge in [-0.1, -0.05) is 42.5 Å². The number of para-hydroxylation sites is 2. The van der Waals surface area contributed by atoms with Gasteiger partial charge in [0.2, 0.25) is 0 Å². The quantitative estimate of drug-likeness (QED) is 0.876. The van der Waals surface area contributed by atoms with Crippen molar-refractivity contribution >= 4 is 0 Å². The average Bonchev–Trinajstić information content (AvgIpc) is 2.48. The van der Waals surface area contributed by atoms with Crippen LogP contribution in [0.3, 0.4) is 0 Å². The molecule has 20 heavy (non-hydrogen) atoms. The van der Waals surface area contributed by atoms with Gasteiger partial charge in [0.15, 0.2) is 11.5 Å². The predicted molar refractivity (Wildman–Crippen MR) is 79.1 cm³/mol. The molecule has 1 atom stereocenters. The number of benzene rings is 2. The van der Waals surface area contributed by atoms with E-state index in [4.69, 9.17) is 9.47 Å². The fraction of sp³-hybridized carbons (Fsp3) is 0.294. The molecule has 0 fully saturated rings. The third-order valence-electron chi connectivity index (χ3n) is 3.05. The predicted octanol–water partition coefficient (Wildman–Crippen LogP) is 3.37. The average molecular weight is 272 g/mol.